The number of anilines is 2. The maximum absolute atomic E-state index is 9.54. The molecule has 1 unspecified atom stereocenters. The summed E-state index contributed by atoms with van der Waals surface area (Å²) in [5.74, 6) is 0.737. The van der Waals surface area contributed by atoms with Gasteiger partial charge in [-0.1, -0.05) is 6.92 Å². The van der Waals surface area contributed by atoms with Gasteiger partial charge in [-0.25, -0.2) is 0 Å². The van der Waals surface area contributed by atoms with Crippen molar-refractivity contribution in [1.29, 1.82) is 0 Å². The fraction of sp³-hybridized carbons (Fsp3) is 0.538. The molecule has 0 aliphatic carbocycles. The van der Waals surface area contributed by atoms with Crippen LogP contribution in [0.1, 0.15) is 13.3 Å². The second-order valence-corrected chi connectivity index (χ2v) is 4.13. The zero-order chi connectivity index (χ0) is 13.4. The number of benzene rings is 1. The zero-order valence-electron chi connectivity index (χ0n) is 11.0. The Hall–Kier alpha value is -1.46. The predicted octanol–water partition coefficient (Wildman–Crippen LogP) is 1.48. The van der Waals surface area contributed by atoms with Gasteiger partial charge in [0, 0.05) is 37.2 Å². The van der Waals surface area contributed by atoms with Crippen molar-refractivity contribution in [1.82, 2.24) is 0 Å². The van der Waals surface area contributed by atoms with E-state index in [1.807, 2.05) is 13.0 Å². The number of rotatable bonds is 8. The molecule has 0 saturated carbocycles. The molecule has 18 heavy (non-hydrogen) atoms. The lowest BCUT2D eigenvalue weighted by Gasteiger charge is -2.13. The van der Waals surface area contributed by atoms with E-state index in [1.54, 1.807) is 19.2 Å². The van der Waals surface area contributed by atoms with Gasteiger partial charge < -0.3 is 25.6 Å². The maximum atomic E-state index is 9.54. The Morgan fingerprint density at radius 2 is 2.17 bits per heavy atom. The quantitative estimate of drug-likeness (QED) is 0.612. The number of hydrogen-bond donors (Lipinski definition) is 3. The maximum Gasteiger partial charge on any atom is 0.123 e. The average Bonchev–Trinajstić information content (AvgIpc) is 2.34. The molecule has 102 valence electrons. The first kappa shape index (κ1) is 14.6. The van der Waals surface area contributed by atoms with Crippen molar-refractivity contribution in [2.24, 2.45) is 0 Å². The van der Waals surface area contributed by atoms with Crippen LogP contribution in [0.5, 0.6) is 5.75 Å². The van der Waals surface area contributed by atoms with Crippen LogP contribution in [0.2, 0.25) is 0 Å². The third-order valence-corrected chi connectivity index (χ3v) is 2.30. The highest BCUT2D eigenvalue weighted by Crippen LogP contribution is 2.22. The third kappa shape index (κ3) is 5.25. The highest BCUT2D eigenvalue weighted by Gasteiger charge is 2.04. The minimum Gasteiger partial charge on any atom is -0.493 e. The lowest BCUT2D eigenvalue weighted by atomic mass is 10.2. The molecule has 4 N–H and O–H groups in total. The highest BCUT2D eigenvalue weighted by atomic mass is 16.5. The second-order valence-electron chi connectivity index (χ2n) is 4.13. The monoisotopic (exact) mass is 254 g/mol. The van der Waals surface area contributed by atoms with E-state index >= 15 is 0 Å². The van der Waals surface area contributed by atoms with E-state index in [0.29, 0.717) is 25.4 Å². The number of nitrogens with one attached hydrogen (secondary N) is 1. The molecule has 5 heteroatoms. The summed E-state index contributed by atoms with van der Waals surface area (Å²) in [6.07, 6.45) is 0.404. The molecule has 0 bridgehead atoms. The van der Waals surface area contributed by atoms with E-state index in [-0.39, 0.29) is 0 Å². The molecule has 1 aromatic rings. The molecule has 0 heterocycles. The Balaban J connectivity index is 2.56. The van der Waals surface area contributed by atoms with Gasteiger partial charge >= 0.3 is 0 Å². The van der Waals surface area contributed by atoms with Crippen molar-refractivity contribution < 1.29 is 14.6 Å². The molecule has 0 saturated heterocycles. The molecule has 0 radical (unpaired) electrons. The van der Waals surface area contributed by atoms with Crippen molar-refractivity contribution >= 4 is 11.4 Å². The van der Waals surface area contributed by atoms with E-state index in [1.165, 1.54) is 0 Å². The fourth-order valence-corrected chi connectivity index (χ4v) is 1.51. The van der Waals surface area contributed by atoms with Crippen molar-refractivity contribution in [3.8, 4) is 5.75 Å². The molecule has 1 aromatic carbocycles. The van der Waals surface area contributed by atoms with Crippen LogP contribution in [0.25, 0.3) is 0 Å². The van der Waals surface area contributed by atoms with E-state index in [4.69, 9.17) is 15.2 Å². The summed E-state index contributed by atoms with van der Waals surface area (Å²) >= 11 is 0. The Kier molecular flexibility index (Phi) is 6.32. The van der Waals surface area contributed by atoms with Crippen molar-refractivity contribution in [3.05, 3.63) is 18.2 Å². The van der Waals surface area contributed by atoms with Gasteiger partial charge in [0.2, 0.25) is 0 Å². The summed E-state index contributed by atoms with van der Waals surface area (Å²) in [7, 11) is 1.56. The number of aliphatic hydroxyl groups excluding tert-OH is 1. The van der Waals surface area contributed by atoms with E-state index in [9.17, 15) is 5.11 Å². The minimum absolute atomic E-state index is 0.300. The summed E-state index contributed by atoms with van der Waals surface area (Å²) in [6.45, 7) is 3.42. The molecular formula is C13H22N2O3. The summed E-state index contributed by atoms with van der Waals surface area (Å²) in [5.41, 5.74) is 7.25. The van der Waals surface area contributed by atoms with Crippen molar-refractivity contribution in [2.75, 3.05) is 37.9 Å². The topological polar surface area (TPSA) is 76.7 Å². The Morgan fingerprint density at radius 1 is 1.39 bits per heavy atom. The van der Waals surface area contributed by atoms with Crippen LogP contribution in [0.4, 0.5) is 11.4 Å². The van der Waals surface area contributed by atoms with Gasteiger partial charge in [-0.3, -0.25) is 0 Å². The molecule has 0 fully saturated rings. The summed E-state index contributed by atoms with van der Waals surface area (Å²) in [5, 5.41) is 12.6. The van der Waals surface area contributed by atoms with Crippen LogP contribution >= 0.6 is 0 Å². The summed E-state index contributed by atoms with van der Waals surface area (Å²) in [4.78, 5) is 0. The van der Waals surface area contributed by atoms with Crippen LogP contribution < -0.4 is 15.8 Å². The van der Waals surface area contributed by atoms with Gasteiger partial charge in [0.05, 0.1) is 19.3 Å². The largest absolute Gasteiger partial charge is 0.493 e. The molecule has 1 rings (SSSR count). The number of nitrogens with two attached hydrogens (primary N) is 1. The standard InChI is InChI=1S/C13H22N2O3/c1-3-4-18-13-6-10(14)5-11(7-13)15-8-12(16)9-17-2/h5-7,12,15-16H,3-4,8-9,14H2,1-2H3. The van der Waals surface area contributed by atoms with Crippen LogP contribution in [-0.2, 0) is 4.74 Å². The first-order chi connectivity index (χ1) is 8.65. The van der Waals surface area contributed by atoms with E-state index in [2.05, 4.69) is 5.32 Å². The van der Waals surface area contributed by atoms with Gasteiger partial charge in [0.25, 0.3) is 0 Å². The third-order valence-electron chi connectivity index (χ3n) is 2.30. The lowest BCUT2D eigenvalue weighted by Crippen LogP contribution is -2.24. The lowest BCUT2D eigenvalue weighted by molar-refractivity contribution is 0.0727. The smallest absolute Gasteiger partial charge is 0.123 e. The van der Waals surface area contributed by atoms with Crippen LogP contribution in [0.15, 0.2) is 18.2 Å². The SMILES string of the molecule is CCCOc1cc(N)cc(NCC(O)COC)c1. The number of nitrogen functional groups attached to an aromatic ring is 1. The highest BCUT2D eigenvalue weighted by molar-refractivity contribution is 5.59. The summed E-state index contributed by atoms with van der Waals surface area (Å²) < 4.78 is 10.4. The molecule has 0 spiro atoms. The zero-order valence-corrected chi connectivity index (χ0v) is 11.0. The summed E-state index contributed by atoms with van der Waals surface area (Å²) in [6, 6.07) is 5.45. The Labute approximate surface area is 108 Å². The fourth-order valence-electron chi connectivity index (χ4n) is 1.51. The number of methoxy groups -OCH3 is 1. The van der Waals surface area contributed by atoms with Gasteiger partial charge in [0.15, 0.2) is 0 Å². The van der Waals surface area contributed by atoms with Gasteiger partial charge in [0.1, 0.15) is 5.75 Å². The molecule has 1 atom stereocenters. The van der Waals surface area contributed by atoms with Crippen LogP contribution in [-0.4, -0.2) is 38.1 Å². The van der Waals surface area contributed by atoms with Crippen molar-refractivity contribution in [3.63, 3.8) is 0 Å². The Morgan fingerprint density at radius 3 is 2.83 bits per heavy atom. The molecule has 0 aliphatic rings. The first-order valence-electron chi connectivity index (χ1n) is 6.10. The van der Waals surface area contributed by atoms with Gasteiger partial charge in [-0.05, 0) is 12.5 Å². The molecule has 0 aliphatic heterocycles. The normalized spacial score (nSPS) is 12.2. The van der Waals surface area contributed by atoms with Crippen molar-refractivity contribution in [2.45, 2.75) is 19.4 Å². The Bertz CT molecular complexity index is 358. The van der Waals surface area contributed by atoms with E-state index < -0.39 is 6.10 Å². The van der Waals surface area contributed by atoms with Crippen LogP contribution in [0.3, 0.4) is 0 Å². The van der Waals surface area contributed by atoms with E-state index in [0.717, 1.165) is 17.9 Å². The molecule has 0 amide bonds. The number of aliphatic hydroxyl groups is 1. The molecule has 5 nitrogen and oxygen atoms in total. The minimum atomic E-state index is -0.545. The van der Waals surface area contributed by atoms with Gasteiger partial charge in [-0.15, -0.1) is 0 Å². The number of hydrogen-bond acceptors (Lipinski definition) is 5. The first-order valence-corrected chi connectivity index (χ1v) is 6.10. The van der Waals surface area contributed by atoms with Gasteiger partial charge in [-0.2, -0.15) is 0 Å². The average molecular weight is 254 g/mol. The van der Waals surface area contributed by atoms with Crippen LogP contribution in [0, 0.1) is 0 Å². The molecule has 0 aromatic heterocycles. The number of ether oxygens (including phenoxy) is 2. The molecular weight excluding hydrogens is 232 g/mol. The predicted molar refractivity (Wildman–Crippen MR) is 73.0 cm³/mol. The second kappa shape index (κ2) is 7.79.